The van der Waals surface area contributed by atoms with Crippen molar-refractivity contribution in [2.24, 2.45) is 0 Å². The zero-order valence-electron chi connectivity index (χ0n) is 13.1. The summed E-state index contributed by atoms with van der Waals surface area (Å²) >= 11 is 0. The number of hydrogen-bond acceptors (Lipinski definition) is 3. The van der Waals surface area contributed by atoms with E-state index in [-0.39, 0.29) is 11.6 Å². The molecule has 6 nitrogen and oxygen atoms in total. The first-order valence-electron chi connectivity index (χ1n) is 7.59. The van der Waals surface area contributed by atoms with Crippen LogP contribution < -0.4 is 15.4 Å². The van der Waals surface area contributed by atoms with Crippen LogP contribution in [0, 0.1) is 11.8 Å². The summed E-state index contributed by atoms with van der Waals surface area (Å²) in [6, 6.07) is 3.19. The Bertz CT molecular complexity index is 659. The summed E-state index contributed by atoms with van der Waals surface area (Å²) in [5, 5.41) is 14.5. The summed E-state index contributed by atoms with van der Waals surface area (Å²) in [7, 11) is 1.55. The molecule has 1 aromatic carbocycles. The molecule has 0 spiro atoms. The lowest BCUT2D eigenvalue weighted by Crippen LogP contribution is -2.33. The molecule has 0 bridgehead atoms. The summed E-state index contributed by atoms with van der Waals surface area (Å²) in [5.74, 6) is 5.37. The lowest BCUT2D eigenvalue weighted by atomic mass is 10.0. The maximum absolute atomic E-state index is 11.4. The number of ether oxygens (including phenoxy) is 1. The zero-order chi connectivity index (χ0) is 16.7. The quantitative estimate of drug-likeness (QED) is 0.586. The summed E-state index contributed by atoms with van der Waals surface area (Å²) in [6.45, 7) is 0.982. The predicted molar refractivity (Wildman–Crippen MR) is 85.8 cm³/mol. The van der Waals surface area contributed by atoms with E-state index >= 15 is 0 Å². The van der Waals surface area contributed by atoms with Crippen LogP contribution in [-0.4, -0.2) is 37.3 Å². The van der Waals surface area contributed by atoms with Gasteiger partial charge in [0.15, 0.2) is 0 Å². The summed E-state index contributed by atoms with van der Waals surface area (Å²) in [4.78, 5) is 22.4. The predicted octanol–water partition coefficient (Wildman–Crippen LogP) is 1.77. The molecule has 23 heavy (non-hydrogen) atoms. The number of fused-ring (bicyclic) bond motifs is 1. The first kappa shape index (κ1) is 16.7. The second kappa shape index (κ2) is 8.08. The maximum atomic E-state index is 11.4. The number of rotatable bonds is 3. The van der Waals surface area contributed by atoms with Crippen molar-refractivity contribution >= 4 is 12.0 Å². The lowest BCUT2D eigenvalue weighted by molar-refractivity contribution is 0.0692. The first-order chi connectivity index (χ1) is 11.1. The fourth-order valence-corrected chi connectivity index (χ4v) is 2.36. The van der Waals surface area contributed by atoms with Gasteiger partial charge in [-0.05, 0) is 37.0 Å². The molecule has 0 aliphatic carbocycles. The number of carbonyl (C=O) groups is 2. The molecule has 0 aromatic heterocycles. The van der Waals surface area contributed by atoms with Crippen LogP contribution in [0.4, 0.5) is 4.79 Å². The van der Waals surface area contributed by atoms with Crippen LogP contribution in [0.2, 0.25) is 0 Å². The van der Waals surface area contributed by atoms with Crippen LogP contribution >= 0.6 is 0 Å². The molecule has 0 fully saturated rings. The number of carbonyl (C=O) groups excluding carboxylic acids is 1. The Labute approximate surface area is 135 Å². The van der Waals surface area contributed by atoms with Crippen molar-refractivity contribution < 1.29 is 19.4 Å². The molecule has 1 aliphatic rings. The van der Waals surface area contributed by atoms with Crippen LogP contribution in [0.25, 0.3) is 0 Å². The normalized spacial score (nSPS) is 12.7. The van der Waals surface area contributed by atoms with Crippen molar-refractivity contribution in [3.8, 4) is 17.6 Å². The van der Waals surface area contributed by atoms with E-state index in [4.69, 9.17) is 4.74 Å². The van der Waals surface area contributed by atoms with Gasteiger partial charge in [-0.15, -0.1) is 0 Å². The van der Waals surface area contributed by atoms with Gasteiger partial charge in [0.1, 0.15) is 11.3 Å². The van der Waals surface area contributed by atoms with Crippen LogP contribution in [0.3, 0.4) is 0 Å². The zero-order valence-corrected chi connectivity index (χ0v) is 13.1. The Morgan fingerprint density at radius 2 is 2.17 bits per heavy atom. The standard InChI is InChI=1S/C17H20N2O4/c1-18-17(22)19-8-4-2-6-12-10-13-7-3-5-9-23-15(13)14(11-12)16(20)21/h10-11H,3-5,7-9H2,1H3,(H,20,21)(H2,18,19,22). The molecule has 6 heteroatoms. The monoisotopic (exact) mass is 316 g/mol. The largest absolute Gasteiger partial charge is 0.492 e. The highest BCUT2D eigenvalue weighted by atomic mass is 16.5. The number of aromatic carboxylic acids is 1. The number of carboxylic acids is 1. The van der Waals surface area contributed by atoms with E-state index in [9.17, 15) is 14.7 Å². The Morgan fingerprint density at radius 1 is 1.35 bits per heavy atom. The Balaban J connectivity index is 2.14. The van der Waals surface area contributed by atoms with Crippen molar-refractivity contribution in [1.29, 1.82) is 0 Å². The van der Waals surface area contributed by atoms with Crippen molar-refractivity contribution in [2.45, 2.75) is 25.7 Å². The van der Waals surface area contributed by atoms with Gasteiger partial charge in [-0.3, -0.25) is 0 Å². The molecule has 1 aromatic rings. The average Bonchev–Trinajstić information content (AvgIpc) is 2.78. The van der Waals surface area contributed by atoms with Crippen LogP contribution in [0.15, 0.2) is 12.1 Å². The van der Waals surface area contributed by atoms with E-state index in [1.54, 1.807) is 13.1 Å². The molecule has 0 unspecified atom stereocenters. The van der Waals surface area contributed by atoms with Crippen LogP contribution in [0.1, 0.15) is 40.7 Å². The Morgan fingerprint density at radius 3 is 2.91 bits per heavy atom. The number of hydrogen-bond donors (Lipinski definition) is 3. The number of carboxylic acid groups (broad SMARTS) is 1. The molecule has 0 saturated heterocycles. The third-order valence-corrected chi connectivity index (χ3v) is 3.48. The SMILES string of the molecule is CNC(=O)NCCC#Cc1cc2c(c(C(=O)O)c1)OCCCC2. The number of urea groups is 1. The van der Waals surface area contributed by atoms with E-state index in [0.717, 1.165) is 24.8 Å². The average molecular weight is 316 g/mol. The smallest absolute Gasteiger partial charge is 0.339 e. The number of amides is 2. The van der Waals surface area contributed by atoms with Gasteiger partial charge >= 0.3 is 12.0 Å². The van der Waals surface area contributed by atoms with Crippen molar-refractivity contribution in [1.82, 2.24) is 10.6 Å². The number of nitrogens with one attached hydrogen (secondary N) is 2. The van der Waals surface area contributed by atoms with E-state index in [0.29, 0.717) is 30.9 Å². The van der Waals surface area contributed by atoms with Crippen LogP contribution in [0.5, 0.6) is 5.75 Å². The number of benzene rings is 1. The van der Waals surface area contributed by atoms with Gasteiger partial charge in [-0.2, -0.15) is 0 Å². The third-order valence-electron chi connectivity index (χ3n) is 3.48. The van der Waals surface area contributed by atoms with Crippen molar-refractivity contribution in [3.05, 3.63) is 28.8 Å². The highest BCUT2D eigenvalue weighted by Gasteiger charge is 2.19. The number of aryl methyl sites for hydroxylation is 1. The molecule has 0 atom stereocenters. The van der Waals surface area contributed by atoms with E-state index < -0.39 is 5.97 Å². The summed E-state index contributed by atoms with van der Waals surface area (Å²) < 4.78 is 5.59. The fraction of sp³-hybridized carbons (Fsp3) is 0.412. The molecular weight excluding hydrogens is 296 g/mol. The topological polar surface area (TPSA) is 87.7 Å². The van der Waals surface area contributed by atoms with E-state index in [1.165, 1.54) is 0 Å². The van der Waals surface area contributed by atoms with Gasteiger partial charge in [0.05, 0.1) is 6.61 Å². The van der Waals surface area contributed by atoms with Gasteiger partial charge in [-0.1, -0.05) is 11.8 Å². The first-order valence-corrected chi connectivity index (χ1v) is 7.59. The second-order valence-electron chi connectivity index (χ2n) is 5.18. The lowest BCUT2D eigenvalue weighted by Gasteiger charge is -2.11. The maximum Gasteiger partial charge on any atom is 0.339 e. The molecule has 0 saturated carbocycles. The molecular formula is C17H20N2O4. The van der Waals surface area contributed by atoms with E-state index in [1.807, 2.05) is 6.07 Å². The highest BCUT2D eigenvalue weighted by molar-refractivity contribution is 5.92. The summed E-state index contributed by atoms with van der Waals surface area (Å²) in [6.07, 6.45) is 3.17. The molecule has 122 valence electrons. The minimum absolute atomic E-state index is 0.164. The summed E-state index contributed by atoms with van der Waals surface area (Å²) in [5.41, 5.74) is 1.72. The molecule has 2 rings (SSSR count). The molecule has 2 amide bonds. The van der Waals surface area contributed by atoms with Gasteiger partial charge < -0.3 is 20.5 Å². The fourth-order valence-electron chi connectivity index (χ4n) is 2.36. The molecule has 1 heterocycles. The van der Waals surface area contributed by atoms with Crippen LogP contribution in [-0.2, 0) is 6.42 Å². The third kappa shape index (κ3) is 4.65. The Kier molecular flexibility index (Phi) is 5.87. The van der Waals surface area contributed by atoms with Gasteiger partial charge in [0, 0.05) is 25.6 Å². The van der Waals surface area contributed by atoms with Crippen molar-refractivity contribution in [3.63, 3.8) is 0 Å². The van der Waals surface area contributed by atoms with Gasteiger partial charge in [-0.25, -0.2) is 9.59 Å². The Hall–Kier alpha value is -2.68. The van der Waals surface area contributed by atoms with Crippen molar-refractivity contribution in [2.75, 3.05) is 20.2 Å². The molecule has 0 radical (unpaired) electrons. The second-order valence-corrected chi connectivity index (χ2v) is 5.18. The van der Waals surface area contributed by atoms with E-state index in [2.05, 4.69) is 22.5 Å². The highest BCUT2D eigenvalue weighted by Crippen LogP contribution is 2.30. The van der Waals surface area contributed by atoms with Gasteiger partial charge in [0.2, 0.25) is 0 Å². The molecule has 3 N–H and O–H groups in total. The minimum Gasteiger partial charge on any atom is -0.492 e. The minimum atomic E-state index is -1.01. The van der Waals surface area contributed by atoms with Gasteiger partial charge in [0.25, 0.3) is 0 Å². The molecule has 1 aliphatic heterocycles.